The van der Waals surface area contributed by atoms with E-state index in [0.29, 0.717) is 31.9 Å². The van der Waals surface area contributed by atoms with Gasteiger partial charge in [0.05, 0.1) is 22.5 Å². The van der Waals surface area contributed by atoms with Crippen LogP contribution in [0.25, 0.3) is 10.8 Å². The SMILES string of the molecule is N#Cc1cc(SN(CC(=O)O)c2ccc(N(CC(=O)O)Sc3ccc(F)c(C#N)c3)c3ccccc23)ccc1F. The minimum absolute atomic E-state index is 0.179. The largest absolute Gasteiger partial charge is 0.480 e. The Kier molecular flexibility index (Phi) is 8.74. The van der Waals surface area contributed by atoms with Gasteiger partial charge in [0.2, 0.25) is 0 Å². The molecule has 200 valence electrons. The Morgan fingerprint density at radius 2 is 1.10 bits per heavy atom. The lowest BCUT2D eigenvalue weighted by atomic mass is 10.1. The van der Waals surface area contributed by atoms with Crippen LogP contribution in [0.15, 0.2) is 82.6 Å². The molecule has 0 unspecified atom stereocenters. The second kappa shape index (κ2) is 12.4. The number of carboxylic acids is 2. The lowest BCUT2D eigenvalue weighted by molar-refractivity contribution is -0.136. The van der Waals surface area contributed by atoms with Crippen molar-refractivity contribution in [1.82, 2.24) is 0 Å². The van der Waals surface area contributed by atoms with Crippen LogP contribution in [0.4, 0.5) is 20.2 Å². The first-order valence-corrected chi connectivity index (χ1v) is 13.0. The fraction of sp³-hybridized carbons (Fsp3) is 0.0714. The fourth-order valence-electron chi connectivity index (χ4n) is 3.83. The van der Waals surface area contributed by atoms with E-state index >= 15 is 0 Å². The molecule has 2 N–H and O–H groups in total. The summed E-state index contributed by atoms with van der Waals surface area (Å²) in [7, 11) is 0. The van der Waals surface area contributed by atoms with E-state index < -0.39 is 36.7 Å². The number of hydrogen-bond donors (Lipinski definition) is 2. The monoisotopic (exact) mass is 576 g/mol. The van der Waals surface area contributed by atoms with E-state index in [-0.39, 0.29) is 11.1 Å². The van der Waals surface area contributed by atoms with Gasteiger partial charge in [0.15, 0.2) is 0 Å². The molecule has 0 saturated carbocycles. The second-order valence-corrected chi connectivity index (χ2v) is 10.4. The summed E-state index contributed by atoms with van der Waals surface area (Å²) in [4.78, 5) is 24.4. The Bertz CT molecular complexity index is 1580. The third kappa shape index (κ3) is 6.43. The maximum Gasteiger partial charge on any atom is 0.324 e. The number of carbonyl (C=O) groups is 2. The predicted octanol–water partition coefficient (Wildman–Crippen LogP) is 6.06. The van der Waals surface area contributed by atoms with Crippen LogP contribution in [-0.2, 0) is 9.59 Å². The highest BCUT2D eigenvalue weighted by molar-refractivity contribution is 8.01. The summed E-state index contributed by atoms with van der Waals surface area (Å²) in [5, 5.41) is 38.8. The molecule has 8 nitrogen and oxygen atoms in total. The smallest absolute Gasteiger partial charge is 0.324 e. The van der Waals surface area contributed by atoms with Crippen molar-refractivity contribution in [2.45, 2.75) is 9.79 Å². The van der Waals surface area contributed by atoms with Crippen LogP contribution >= 0.6 is 23.9 Å². The third-order valence-corrected chi connectivity index (χ3v) is 7.54. The lowest BCUT2D eigenvalue weighted by Crippen LogP contribution is -2.25. The number of aliphatic carboxylic acids is 2. The molecule has 0 aromatic heterocycles. The molecule has 4 aromatic rings. The van der Waals surface area contributed by atoms with Gasteiger partial charge in [-0.05, 0) is 72.4 Å². The van der Waals surface area contributed by atoms with Crippen LogP contribution in [-0.4, -0.2) is 35.2 Å². The zero-order valence-electron chi connectivity index (χ0n) is 20.4. The molecular formula is C28H18F2N4O4S2. The van der Waals surface area contributed by atoms with Gasteiger partial charge >= 0.3 is 11.9 Å². The van der Waals surface area contributed by atoms with E-state index in [0.717, 1.165) is 36.0 Å². The highest BCUT2D eigenvalue weighted by Crippen LogP contribution is 2.41. The van der Waals surface area contributed by atoms with E-state index in [9.17, 15) is 39.1 Å². The van der Waals surface area contributed by atoms with Gasteiger partial charge in [0.25, 0.3) is 0 Å². The highest BCUT2D eigenvalue weighted by Gasteiger charge is 2.21. The number of benzene rings is 4. The number of rotatable bonds is 10. The van der Waals surface area contributed by atoms with Crippen molar-refractivity contribution in [3.8, 4) is 12.1 Å². The molecule has 40 heavy (non-hydrogen) atoms. The number of anilines is 2. The van der Waals surface area contributed by atoms with Gasteiger partial charge in [-0.25, -0.2) is 8.78 Å². The Morgan fingerprint density at radius 1 is 0.700 bits per heavy atom. The number of nitriles is 2. The van der Waals surface area contributed by atoms with Gasteiger partial charge < -0.3 is 18.8 Å². The van der Waals surface area contributed by atoms with Gasteiger partial charge in [-0.3, -0.25) is 9.59 Å². The second-order valence-electron chi connectivity index (χ2n) is 8.20. The van der Waals surface area contributed by atoms with Crippen molar-refractivity contribution in [3.63, 3.8) is 0 Å². The topological polar surface area (TPSA) is 129 Å². The summed E-state index contributed by atoms with van der Waals surface area (Å²) >= 11 is 2.02. The number of hydrogen-bond acceptors (Lipinski definition) is 8. The predicted molar refractivity (Wildman–Crippen MR) is 148 cm³/mol. The molecule has 0 heterocycles. The fourth-order valence-corrected chi connectivity index (χ4v) is 5.80. The number of fused-ring (bicyclic) bond motifs is 1. The zero-order chi connectivity index (χ0) is 28.8. The average molecular weight is 577 g/mol. The van der Waals surface area contributed by atoms with Crippen LogP contribution in [0.1, 0.15) is 11.1 Å². The quantitative estimate of drug-likeness (QED) is 0.215. The first kappa shape index (κ1) is 28.2. The molecule has 0 spiro atoms. The lowest BCUT2D eigenvalue weighted by Gasteiger charge is -2.27. The maximum atomic E-state index is 13.9. The summed E-state index contributed by atoms with van der Waals surface area (Å²) in [5.74, 6) is -3.64. The van der Waals surface area contributed by atoms with E-state index in [1.165, 1.54) is 32.9 Å². The van der Waals surface area contributed by atoms with Crippen molar-refractivity contribution in [2.24, 2.45) is 0 Å². The van der Waals surface area contributed by atoms with Gasteiger partial charge in [-0.15, -0.1) is 0 Å². The highest BCUT2D eigenvalue weighted by atomic mass is 32.2. The number of halogens is 2. The van der Waals surface area contributed by atoms with E-state index in [4.69, 9.17) is 0 Å². The molecule has 12 heteroatoms. The minimum atomic E-state index is -1.13. The van der Waals surface area contributed by atoms with Crippen LogP contribution in [0.3, 0.4) is 0 Å². The summed E-state index contributed by atoms with van der Waals surface area (Å²) in [6.45, 7) is -0.874. The molecule has 0 atom stereocenters. The first-order chi connectivity index (χ1) is 19.2. The van der Waals surface area contributed by atoms with Crippen LogP contribution < -0.4 is 8.61 Å². The first-order valence-electron chi connectivity index (χ1n) is 11.5. The number of nitrogens with zero attached hydrogens (tertiary/aromatic N) is 4. The van der Waals surface area contributed by atoms with Crippen LogP contribution in [0.2, 0.25) is 0 Å². The summed E-state index contributed by atoms with van der Waals surface area (Å²) in [6.07, 6.45) is 0. The standard InChI is InChI=1S/C28H18F2N4O4S2/c29-23-7-5-19(11-17(23)13-31)39-33(15-27(35)36)25-9-10-26(22-4-2-1-3-21(22)25)34(16-28(37)38)40-20-6-8-24(30)18(12-20)14-32/h1-12H,15-16H2,(H,35,36)(H,37,38). The van der Waals surface area contributed by atoms with E-state index in [1.54, 1.807) is 48.5 Å². The molecule has 0 aliphatic heterocycles. The van der Waals surface area contributed by atoms with Crippen molar-refractivity contribution >= 4 is 58.0 Å². The van der Waals surface area contributed by atoms with E-state index in [2.05, 4.69) is 0 Å². The molecule has 0 bridgehead atoms. The molecule has 0 amide bonds. The molecule has 0 radical (unpaired) electrons. The van der Waals surface area contributed by atoms with Crippen molar-refractivity contribution < 1.29 is 28.6 Å². The third-order valence-electron chi connectivity index (χ3n) is 5.52. The van der Waals surface area contributed by atoms with Gasteiger partial charge in [0.1, 0.15) is 36.9 Å². The van der Waals surface area contributed by atoms with Gasteiger partial charge in [-0.2, -0.15) is 10.5 Å². The van der Waals surface area contributed by atoms with Crippen molar-refractivity contribution in [3.05, 3.63) is 95.6 Å². The Balaban J connectivity index is 1.79. The Hall–Kier alpha value is -4.78. The molecule has 0 saturated heterocycles. The summed E-state index contributed by atoms with van der Waals surface area (Å²) < 4.78 is 30.7. The van der Waals surface area contributed by atoms with Gasteiger partial charge in [0, 0.05) is 20.6 Å². The summed E-state index contributed by atoms with van der Waals surface area (Å²) in [5.41, 5.74) is 0.621. The Labute approximate surface area is 235 Å². The average Bonchev–Trinajstić information content (AvgIpc) is 2.93. The van der Waals surface area contributed by atoms with Crippen molar-refractivity contribution in [2.75, 3.05) is 21.7 Å². The van der Waals surface area contributed by atoms with Crippen molar-refractivity contribution in [1.29, 1.82) is 10.5 Å². The van der Waals surface area contributed by atoms with Gasteiger partial charge in [-0.1, -0.05) is 24.3 Å². The molecule has 0 aliphatic carbocycles. The minimum Gasteiger partial charge on any atom is -0.480 e. The van der Waals surface area contributed by atoms with E-state index in [1.807, 2.05) is 0 Å². The molecular weight excluding hydrogens is 558 g/mol. The maximum absolute atomic E-state index is 13.9. The number of carboxylic acid groups (broad SMARTS) is 2. The molecule has 4 aromatic carbocycles. The Morgan fingerprint density at radius 3 is 1.45 bits per heavy atom. The molecule has 4 rings (SSSR count). The molecule has 0 fully saturated rings. The zero-order valence-corrected chi connectivity index (χ0v) is 22.0. The van der Waals surface area contributed by atoms with Crippen LogP contribution in [0, 0.1) is 34.3 Å². The normalized spacial score (nSPS) is 10.5. The van der Waals surface area contributed by atoms with Crippen LogP contribution in [0.5, 0.6) is 0 Å². The molecule has 0 aliphatic rings. The summed E-state index contributed by atoms with van der Waals surface area (Å²) in [6, 6.07) is 21.6.